The van der Waals surface area contributed by atoms with Crippen molar-refractivity contribution in [3.8, 4) is 11.5 Å². The Kier molecular flexibility index (Phi) is 3.70. The number of hydrogen-bond acceptors (Lipinski definition) is 6. The summed E-state index contributed by atoms with van der Waals surface area (Å²) in [5, 5.41) is 0. The zero-order valence-corrected chi connectivity index (χ0v) is 11.7. The van der Waals surface area contributed by atoms with E-state index in [2.05, 4.69) is 14.7 Å². The van der Waals surface area contributed by atoms with E-state index < -0.39 is 10.0 Å². The first-order valence-corrected chi connectivity index (χ1v) is 7.00. The van der Waals surface area contributed by atoms with Gasteiger partial charge in [0, 0.05) is 18.5 Å². The molecule has 108 valence electrons. The highest BCUT2D eigenvalue weighted by Gasteiger charge is 2.22. The van der Waals surface area contributed by atoms with Gasteiger partial charge in [0.1, 0.15) is 16.4 Å². The normalized spacial score (nSPS) is 11.1. The molecule has 0 amide bonds. The zero-order valence-electron chi connectivity index (χ0n) is 10.9. The summed E-state index contributed by atoms with van der Waals surface area (Å²) < 4.78 is 36.9. The van der Waals surface area contributed by atoms with E-state index in [1.54, 1.807) is 0 Å². The van der Waals surface area contributed by atoms with Gasteiger partial charge in [0.25, 0.3) is 10.0 Å². The van der Waals surface area contributed by atoms with E-state index in [4.69, 9.17) is 15.2 Å². The molecule has 2 aromatic rings. The van der Waals surface area contributed by atoms with E-state index in [1.165, 1.54) is 38.7 Å². The van der Waals surface area contributed by atoms with Crippen molar-refractivity contribution in [1.82, 2.24) is 9.97 Å². The Morgan fingerprint density at radius 1 is 1.25 bits per heavy atom. The van der Waals surface area contributed by atoms with Crippen LogP contribution in [0, 0.1) is 0 Å². The number of hydrogen-bond donors (Lipinski definition) is 3. The molecule has 2 rings (SSSR count). The predicted octanol–water partition coefficient (Wildman–Crippen LogP) is 0.810. The summed E-state index contributed by atoms with van der Waals surface area (Å²) in [7, 11) is -1.09. The summed E-state index contributed by atoms with van der Waals surface area (Å²) in [4.78, 5) is 6.33. The second kappa shape index (κ2) is 5.29. The number of nitrogens with zero attached hydrogens (tertiary/aromatic N) is 1. The van der Waals surface area contributed by atoms with Crippen LogP contribution in [0.15, 0.2) is 29.4 Å². The van der Waals surface area contributed by atoms with E-state index in [1.807, 2.05) is 0 Å². The molecular formula is C11H14N4O4S. The largest absolute Gasteiger partial charge is 0.495 e. The summed E-state index contributed by atoms with van der Waals surface area (Å²) in [6, 6.07) is 2.68. The van der Waals surface area contributed by atoms with Gasteiger partial charge < -0.3 is 20.2 Å². The highest BCUT2D eigenvalue weighted by Crippen LogP contribution is 2.34. The lowest BCUT2D eigenvalue weighted by atomic mass is 10.3. The number of nitrogens with two attached hydrogens (primary N) is 1. The lowest BCUT2D eigenvalue weighted by Crippen LogP contribution is -2.15. The summed E-state index contributed by atoms with van der Waals surface area (Å²) >= 11 is 0. The van der Waals surface area contributed by atoms with Gasteiger partial charge in [-0.15, -0.1) is 0 Å². The molecule has 20 heavy (non-hydrogen) atoms. The van der Waals surface area contributed by atoms with Crippen LogP contribution in [0.4, 0.5) is 11.6 Å². The summed E-state index contributed by atoms with van der Waals surface area (Å²) in [5.74, 6) is 0.551. The molecule has 0 aliphatic heterocycles. The van der Waals surface area contributed by atoms with Crippen LogP contribution >= 0.6 is 0 Å². The maximum absolute atomic E-state index is 12.3. The standard InChI is InChI=1S/C11H14N4O4S/c1-18-8-6-9(19-2)10(5-7(8)12)20(16,17)15-11-13-3-4-14-11/h3-6H,12H2,1-2H3,(H2,13,14,15). The fourth-order valence-electron chi connectivity index (χ4n) is 1.61. The van der Waals surface area contributed by atoms with Crippen LogP contribution in [0.1, 0.15) is 0 Å². The minimum Gasteiger partial charge on any atom is -0.495 e. The van der Waals surface area contributed by atoms with Crippen LogP contribution in [-0.2, 0) is 10.0 Å². The SMILES string of the molecule is COc1cc(OC)c(S(=O)(=O)Nc2ncc[nH]2)cc1N. The van der Waals surface area contributed by atoms with Crippen molar-refractivity contribution in [3.05, 3.63) is 24.5 Å². The van der Waals surface area contributed by atoms with Gasteiger partial charge in [-0.1, -0.05) is 0 Å². The molecule has 9 heteroatoms. The first-order valence-electron chi connectivity index (χ1n) is 5.51. The lowest BCUT2D eigenvalue weighted by Gasteiger charge is -2.13. The number of rotatable bonds is 5. The van der Waals surface area contributed by atoms with E-state index in [-0.39, 0.29) is 22.3 Å². The monoisotopic (exact) mass is 298 g/mol. The van der Waals surface area contributed by atoms with Crippen LogP contribution in [0.25, 0.3) is 0 Å². The highest BCUT2D eigenvalue weighted by molar-refractivity contribution is 7.92. The van der Waals surface area contributed by atoms with Gasteiger partial charge in [0.2, 0.25) is 5.95 Å². The van der Waals surface area contributed by atoms with Crippen molar-refractivity contribution in [1.29, 1.82) is 0 Å². The van der Waals surface area contributed by atoms with E-state index in [0.29, 0.717) is 5.75 Å². The molecule has 0 saturated carbocycles. The second-order valence-electron chi connectivity index (χ2n) is 3.79. The van der Waals surface area contributed by atoms with E-state index >= 15 is 0 Å². The number of imidazole rings is 1. The Morgan fingerprint density at radius 2 is 1.95 bits per heavy atom. The molecule has 0 radical (unpaired) electrons. The number of aromatic nitrogens is 2. The predicted molar refractivity (Wildman–Crippen MR) is 73.4 cm³/mol. The molecule has 0 atom stereocenters. The number of ether oxygens (including phenoxy) is 2. The van der Waals surface area contributed by atoms with Crippen molar-refractivity contribution in [3.63, 3.8) is 0 Å². The average molecular weight is 298 g/mol. The third-order valence-corrected chi connectivity index (χ3v) is 3.89. The first-order chi connectivity index (χ1) is 9.47. The fourth-order valence-corrected chi connectivity index (χ4v) is 2.77. The van der Waals surface area contributed by atoms with Crippen LogP contribution in [0.2, 0.25) is 0 Å². The lowest BCUT2D eigenvalue weighted by molar-refractivity contribution is 0.387. The minimum absolute atomic E-state index is 0.0986. The molecule has 0 aliphatic carbocycles. The second-order valence-corrected chi connectivity index (χ2v) is 5.44. The Hall–Kier alpha value is -2.42. The molecule has 0 bridgehead atoms. The Bertz CT molecular complexity index is 697. The van der Waals surface area contributed by atoms with Crippen LogP contribution < -0.4 is 19.9 Å². The van der Waals surface area contributed by atoms with Crippen LogP contribution in [-0.4, -0.2) is 32.6 Å². The smallest absolute Gasteiger partial charge is 0.267 e. The topological polar surface area (TPSA) is 119 Å². The quantitative estimate of drug-likeness (QED) is 0.703. The maximum Gasteiger partial charge on any atom is 0.267 e. The van der Waals surface area contributed by atoms with Gasteiger partial charge in [-0.2, -0.15) is 0 Å². The molecule has 1 heterocycles. The third kappa shape index (κ3) is 2.62. The molecule has 1 aromatic carbocycles. The summed E-state index contributed by atoms with van der Waals surface area (Å²) in [5.41, 5.74) is 5.92. The molecule has 0 unspecified atom stereocenters. The summed E-state index contributed by atoms with van der Waals surface area (Å²) in [6.07, 6.45) is 2.93. The van der Waals surface area contributed by atoms with Crippen molar-refractivity contribution in [2.24, 2.45) is 0 Å². The molecule has 0 fully saturated rings. The number of benzene rings is 1. The highest BCUT2D eigenvalue weighted by atomic mass is 32.2. The number of anilines is 2. The fraction of sp³-hybridized carbons (Fsp3) is 0.182. The van der Waals surface area contributed by atoms with Gasteiger partial charge in [-0.3, -0.25) is 0 Å². The first kappa shape index (κ1) is 14.0. The van der Waals surface area contributed by atoms with E-state index in [9.17, 15) is 8.42 Å². The minimum atomic E-state index is -3.88. The maximum atomic E-state index is 12.3. The van der Waals surface area contributed by atoms with Gasteiger partial charge in [-0.25, -0.2) is 18.1 Å². The molecular weight excluding hydrogens is 284 g/mol. The van der Waals surface area contributed by atoms with Crippen molar-refractivity contribution in [2.75, 3.05) is 24.7 Å². The van der Waals surface area contributed by atoms with Gasteiger partial charge in [0.05, 0.1) is 19.9 Å². The number of nitrogens with one attached hydrogen (secondary N) is 2. The number of aromatic amines is 1. The van der Waals surface area contributed by atoms with Gasteiger partial charge >= 0.3 is 0 Å². The van der Waals surface area contributed by atoms with Gasteiger partial charge in [0.15, 0.2) is 0 Å². The van der Waals surface area contributed by atoms with Crippen LogP contribution in [0.5, 0.6) is 11.5 Å². The Labute approximate surface area is 116 Å². The molecule has 0 saturated heterocycles. The molecule has 1 aromatic heterocycles. The number of sulfonamides is 1. The van der Waals surface area contributed by atoms with Gasteiger partial charge in [-0.05, 0) is 6.07 Å². The van der Waals surface area contributed by atoms with Crippen molar-refractivity contribution < 1.29 is 17.9 Å². The summed E-state index contributed by atoms with van der Waals surface area (Å²) in [6.45, 7) is 0. The Morgan fingerprint density at radius 3 is 2.50 bits per heavy atom. The molecule has 4 N–H and O–H groups in total. The Balaban J connectivity index is 2.48. The molecule has 0 spiro atoms. The molecule has 8 nitrogen and oxygen atoms in total. The third-order valence-electron chi connectivity index (χ3n) is 2.53. The average Bonchev–Trinajstić information content (AvgIpc) is 2.90. The van der Waals surface area contributed by atoms with Crippen molar-refractivity contribution in [2.45, 2.75) is 4.90 Å². The molecule has 0 aliphatic rings. The van der Waals surface area contributed by atoms with E-state index in [0.717, 1.165) is 0 Å². The number of nitrogen functional groups attached to an aromatic ring is 1. The zero-order chi connectivity index (χ0) is 14.8. The van der Waals surface area contributed by atoms with Crippen LogP contribution in [0.3, 0.4) is 0 Å². The van der Waals surface area contributed by atoms with Crippen molar-refractivity contribution >= 4 is 21.7 Å². The number of methoxy groups -OCH3 is 2. The number of H-pyrrole nitrogens is 1.